The predicted octanol–water partition coefficient (Wildman–Crippen LogP) is 2.30. The Morgan fingerprint density at radius 2 is 2.12 bits per heavy atom. The molecule has 4 nitrogen and oxygen atoms in total. The van der Waals surface area contributed by atoms with Crippen molar-refractivity contribution >= 4 is 5.82 Å². The fourth-order valence-corrected chi connectivity index (χ4v) is 1.19. The summed E-state index contributed by atoms with van der Waals surface area (Å²) in [5, 5.41) is 0. The number of nitrogens with two attached hydrogens (primary N) is 1. The SMILES string of the molecule is Cc1cc(Oc2nccc(N)n2)ccc1F. The lowest BCUT2D eigenvalue weighted by Crippen LogP contribution is -1.96. The third-order valence-corrected chi connectivity index (χ3v) is 1.99. The number of hydrogen-bond donors (Lipinski definition) is 1. The monoisotopic (exact) mass is 219 g/mol. The first-order valence-electron chi connectivity index (χ1n) is 4.67. The molecule has 0 spiro atoms. The van der Waals surface area contributed by atoms with Crippen LogP contribution in [0.15, 0.2) is 30.5 Å². The van der Waals surface area contributed by atoms with E-state index in [9.17, 15) is 4.39 Å². The second-order valence-corrected chi connectivity index (χ2v) is 3.28. The number of aryl methyl sites for hydroxylation is 1. The number of hydrogen-bond acceptors (Lipinski definition) is 4. The van der Waals surface area contributed by atoms with Crippen LogP contribution < -0.4 is 10.5 Å². The number of aromatic nitrogens is 2. The molecule has 1 heterocycles. The summed E-state index contributed by atoms with van der Waals surface area (Å²) >= 11 is 0. The highest BCUT2D eigenvalue weighted by atomic mass is 19.1. The zero-order valence-electron chi connectivity index (χ0n) is 8.64. The van der Waals surface area contributed by atoms with Gasteiger partial charge in [-0.05, 0) is 36.8 Å². The Balaban J connectivity index is 2.24. The Kier molecular flexibility index (Phi) is 2.68. The van der Waals surface area contributed by atoms with Crippen LogP contribution in [0.5, 0.6) is 11.8 Å². The van der Waals surface area contributed by atoms with Gasteiger partial charge in [0, 0.05) is 6.20 Å². The smallest absolute Gasteiger partial charge is 0.323 e. The van der Waals surface area contributed by atoms with Crippen LogP contribution in [0.25, 0.3) is 0 Å². The summed E-state index contributed by atoms with van der Waals surface area (Å²) in [5.41, 5.74) is 5.98. The number of halogens is 1. The third-order valence-electron chi connectivity index (χ3n) is 1.99. The van der Waals surface area contributed by atoms with E-state index in [2.05, 4.69) is 9.97 Å². The lowest BCUT2D eigenvalue weighted by atomic mass is 10.2. The van der Waals surface area contributed by atoms with Gasteiger partial charge in [0.2, 0.25) is 0 Å². The molecule has 1 aromatic heterocycles. The molecule has 5 heteroatoms. The molecular weight excluding hydrogens is 209 g/mol. The molecule has 16 heavy (non-hydrogen) atoms. The minimum absolute atomic E-state index is 0.144. The molecular formula is C11H10FN3O. The van der Waals surface area contributed by atoms with Gasteiger partial charge >= 0.3 is 6.01 Å². The van der Waals surface area contributed by atoms with Gasteiger partial charge in [-0.15, -0.1) is 0 Å². The van der Waals surface area contributed by atoms with Crippen LogP contribution in [0, 0.1) is 12.7 Å². The number of nitrogens with zero attached hydrogens (tertiary/aromatic N) is 2. The van der Waals surface area contributed by atoms with Crippen molar-refractivity contribution < 1.29 is 9.13 Å². The summed E-state index contributed by atoms with van der Waals surface area (Å²) in [4.78, 5) is 7.75. The lowest BCUT2D eigenvalue weighted by Gasteiger charge is -2.04. The first-order chi connectivity index (χ1) is 7.65. The normalized spacial score (nSPS) is 10.1. The number of anilines is 1. The van der Waals surface area contributed by atoms with Crippen molar-refractivity contribution in [3.05, 3.63) is 41.8 Å². The average Bonchev–Trinajstić information content (AvgIpc) is 2.24. The fraction of sp³-hybridized carbons (Fsp3) is 0.0909. The molecule has 0 atom stereocenters. The minimum Gasteiger partial charge on any atom is -0.424 e. The van der Waals surface area contributed by atoms with E-state index in [1.807, 2.05) is 0 Å². The Labute approximate surface area is 91.9 Å². The van der Waals surface area contributed by atoms with Crippen LogP contribution in [0.2, 0.25) is 0 Å². The summed E-state index contributed by atoms with van der Waals surface area (Å²) in [7, 11) is 0. The molecule has 0 saturated carbocycles. The van der Waals surface area contributed by atoms with Crippen LogP contribution in [0.1, 0.15) is 5.56 Å². The zero-order valence-corrected chi connectivity index (χ0v) is 8.64. The maximum atomic E-state index is 13.0. The number of nitrogen functional groups attached to an aromatic ring is 1. The highest BCUT2D eigenvalue weighted by molar-refractivity contribution is 5.32. The van der Waals surface area contributed by atoms with Crippen molar-refractivity contribution in [2.45, 2.75) is 6.92 Å². The van der Waals surface area contributed by atoms with Gasteiger partial charge in [0.05, 0.1) is 0 Å². The highest BCUT2D eigenvalue weighted by Crippen LogP contribution is 2.20. The van der Waals surface area contributed by atoms with E-state index in [-0.39, 0.29) is 11.8 Å². The molecule has 2 rings (SSSR count). The van der Waals surface area contributed by atoms with E-state index in [1.54, 1.807) is 19.1 Å². The van der Waals surface area contributed by atoms with E-state index in [1.165, 1.54) is 18.3 Å². The van der Waals surface area contributed by atoms with Gasteiger partial charge < -0.3 is 10.5 Å². The van der Waals surface area contributed by atoms with Gasteiger partial charge in [-0.1, -0.05) is 0 Å². The topological polar surface area (TPSA) is 61.0 Å². The van der Waals surface area contributed by atoms with E-state index < -0.39 is 0 Å². The molecule has 0 bridgehead atoms. The highest BCUT2D eigenvalue weighted by Gasteiger charge is 2.03. The van der Waals surface area contributed by atoms with E-state index >= 15 is 0 Å². The maximum Gasteiger partial charge on any atom is 0.323 e. The Bertz CT molecular complexity index is 516. The van der Waals surface area contributed by atoms with Crippen LogP contribution in [0.4, 0.5) is 10.2 Å². The zero-order chi connectivity index (χ0) is 11.5. The molecule has 1 aromatic carbocycles. The number of rotatable bonds is 2. The standard InChI is InChI=1S/C11H10FN3O/c1-7-6-8(2-3-9(7)12)16-11-14-5-4-10(13)15-11/h2-6H,1H3,(H2,13,14,15). The molecule has 0 aliphatic rings. The quantitative estimate of drug-likeness (QED) is 0.841. The molecule has 2 aromatic rings. The summed E-state index contributed by atoms with van der Waals surface area (Å²) in [6.45, 7) is 1.66. The summed E-state index contributed by atoms with van der Waals surface area (Å²) < 4.78 is 18.3. The van der Waals surface area contributed by atoms with Gasteiger partial charge in [-0.2, -0.15) is 4.98 Å². The molecule has 0 fully saturated rings. The lowest BCUT2D eigenvalue weighted by molar-refractivity contribution is 0.441. The Hall–Kier alpha value is -2.17. The van der Waals surface area contributed by atoms with Crippen LogP contribution >= 0.6 is 0 Å². The number of benzene rings is 1. The van der Waals surface area contributed by atoms with Crippen LogP contribution in [-0.2, 0) is 0 Å². The molecule has 0 aliphatic heterocycles. The second kappa shape index (κ2) is 4.14. The first-order valence-corrected chi connectivity index (χ1v) is 4.67. The molecule has 2 N–H and O–H groups in total. The van der Waals surface area contributed by atoms with E-state index in [0.29, 0.717) is 17.1 Å². The fourth-order valence-electron chi connectivity index (χ4n) is 1.19. The molecule has 0 aliphatic carbocycles. The van der Waals surface area contributed by atoms with Gasteiger partial charge in [-0.25, -0.2) is 9.37 Å². The van der Waals surface area contributed by atoms with E-state index in [0.717, 1.165) is 0 Å². The molecule has 82 valence electrons. The van der Waals surface area contributed by atoms with E-state index in [4.69, 9.17) is 10.5 Å². The first kappa shape index (κ1) is 10.4. The minimum atomic E-state index is -0.277. The van der Waals surface area contributed by atoms with Crippen molar-refractivity contribution in [2.75, 3.05) is 5.73 Å². The van der Waals surface area contributed by atoms with Gasteiger partial charge in [0.15, 0.2) is 0 Å². The van der Waals surface area contributed by atoms with Crippen molar-refractivity contribution in [1.29, 1.82) is 0 Å². The predicted molar refractivity (Wildman–Crippen MR) is 57.7 cm³/mol. The Morgan fingerprint density at radius 3 is 2.81 bits per heavy atom. The van der Waals surface area contributed by atoms with Gasteiger partial charge in [-0.3, -0.25) is 0 Å². The van der Waals surface area contributed by atoms with Crippen LogP contribution in [-0.4, -0.2) is 9.97 Å². The van der Waals surface area contributed by atoms with Crippen LogP contribution in [0.3, 0.4) is 0 Å². The average molecular weight is 219 g/mol. The maximum absolute atomic E-state index is 13.0. The van der Waals surface area contributed by atoms with Gasteiger partial charge in [0.25, 0.3) is 0 Å². The Morgan fingerprint density at radius 1 is 1.31 bits per heavy atom. The third kappa shape index (κ3) is 2.25. The van der Waals surface area contributed by atoms with Crippen molar-refractivity contribution in [2.24, 2.45) is 0 Å². The number of ether oxygens (including phenoxy) is 1. The second-order valence-electron chi connectivity index (χ2n) is 3.28. The molecule has 0 saturated heterocycles. The van der Waals surface area contributed by atoms with Gasteiger partial charge in [0.1, 0.15) is 17.4 Å². The molecule has 0 unspecified atom stereocenters. The summed E-state index contributed by atoms with van der Waals surface area (Å²) in [6.07, 6.45) is 1.49. The van der Waals surface area contributed by atoms with Crippen molar-refractivity contribution in [3.63, 3.8) is 0 Å². The molecule has 0 amide bonds. The molecule has 0 radical (unpaired) electrons. The van der Waals surface area contributed by atoms with Crippen molar-refractivity contribution in [1.82, 2.24) is 9.97 Å². The van der Waals surface area contributed by atoms with Crippen molar-refractivity contribution in [3.8, 4) is 11.8 Å². The summed E-state index contributed by atoms with van der Waals surface area (Å²) in [6, 6.07) is 6.11. The summed E-state index contributed by atoms with van der Waals surface area (Å²) in [5.74, 6) is 0.522. The largest absolute Gasteiger partial charge is 0.424 e.